The molecule has 4 nitrogen and oxygen atoms in total. The molecule has 0 saturated heterocycles. The van der Waals surface area contributed by atoms with Crippen LogP contribution in [0.25, 0.3) is 0 Å². The predicted octanol–water partition coefficient (Wildman–Crippen LogP) is 2.66. The summed E-state index contributed by atoms with van der Waals surface area (Å²) in [5.74, 6) is 1.01. The van der Waals surface area contributed by atoms with Crippen molar-refractivity contribution in [2.24, 2.45) is 5.73 Å². The van der Waals surface area contributed by atoms with Gasteiger partial charge in [-0.25, -0.2) is 4.98 Å². The van der Waals surface area contributed by atoms with E-state index in [9.17, 15) is 0 Å². The fourth-order valence-electron chi connectivity index (χ4n) is 3.31. The topological polar surface area (TPSA) is 60.2 Å². The second-order valence-electron chi connectivity index (χ2n) is 6.34. The number of ether oxygens (including phenoxy) is 1. The molecular formula is C17H27N3O. The van der Waals surface area contributed by atoms with Gasteiger partial charge in [0.1, 0.15) is 5.82 Å². The number of rotatable bonds is 6. The van der Waals surface area contributed by atoms with Gasteiger partial charge in [-0.3, -0.25) is 0 Å². The Morgan fingerprint density at radius 3 is 2.90 bits per heavy atom. The Kier molecular flexibility index (Phi) is 5.09. The summed E-state index contributed by atoms with van der Waals surface area (Å²) >= 11 is 0. The van der Waals surface area contributed by atoms with E-state index in [0.717, 1.165) is 57.5 Å². The first-order valence-electron chi connectivity index (χ1n) is 8.41. The summed E-state index contributed by atoms with van der Waals surface area (Å²) in [6, 6.07) is 4.73. The molecule has 1 fully saturated rings. The van der Waals surface area contributed by atoms with Crippen LogP contribution in [-0.4, -0.2) is 30.3 Å². The van der Waals surface area contributed by atoms with Crippen molar-refractivity contribution in [3.63, 3.8) is 0 Å². The number of fused-ring (bicyclic) bond motifs is 1. The fourth-order valence-corrected chi connectivity index (χ4v) is 3.31. The van der Waals surface area contributed by atoms with E-state index in [1.807, 2.05) is 0 Å². The average molecular weight is 289 g/mol. The van der Waals surface area contributed by atoms with E-state index in [1.54, 1.807) is 0 Å². The van der Waals surface area contributed by atoms with Crippen LogP contribution in [0.2, 0.25) is 0 Å². The van der Waals surface area contributed by atoms with Crippen LogP contribution < -0.4 is 11.1 Å². The molecule has 0 atom stereocenters. The molecule has 116 valence electrons. The maximum Gasteiger partial charge on any atom is 0.126 e. The first-order chi connectivity index (χ1) is 10.3. The van der Waals surface area contributed by atoms with Crippen molar-refractivity contribution in [1.82, 2.24) is 4.98 Å². The number of pyridine rings is 1. The molecule has 0 aromatic carbocycles. The smallest absolute Gasteiger partial charge is 0.126 e. The van der Waals surface area contributed by atoms with Crippen LogP contribution in [-0.2, 0) is 17.6 Å². The highest BCUT2D eigenvalue weighted by Crippen LogP contribution is 2.22. The molecule has 1 aromatic heterocycles. The Balaban J connectivity index is 1.31. The normalized spacial score (nSPS) is 24.8. The van der Waals surface area contributed by atoms with Crippen molar-refractivity contribution in [2.45, 2.75) is 63.5 Å². The van der Waals surface area contributed by atoms with Gasteiger partial charge in [0.25, 0.3) is 0 Å². The van der Waals surface area contributed by atoms with Gasteiger partial charge in [0.05, 0.1) is 6.10 Å². The van der Waals surface area contributed by atoms with Crippen LogP contribution in [0.1, 0.15) is 49.8 Å². The number of aromatic nitrogens is 1. The predicted molar refractivity (Wildman–Crippen MR) is 85.6 cm³/mol. The minimum Gasteiger partial charge on any atom is -0.378 e. The van der Waals surface area contributed by atoms with E-state index < -0.39 is 0 Å². The van der Waals surface area contributed by atoms with E-state index >= 15 is 0 Å². The first kappa shape index (κ1) is 14.8. The first-order valence-corrected chi connectivity index (χ1v) is 8.41. The largest absolute Gasteiger partial charge is 0.378 e. The van der Waals surface area contributed by atoms with Crippen molar-refractivity contribution in [3.8, 4) is 0 Å². The Labute approximate surface area is 127 Å². The highest BCUT2D eigenvalue weighted by molar-refractivity contribution is 5.40. The fraction of sp³-hybridized carbons (Fsp3) is 0.706. The zero-order valence-electron chi connectivity index (χ0n) is 12.8. The SMILES string of the molecule is NC1CCC(OCCCNc2ccc3c(n2)CCC3)CC1. The number of aryl methyl sites for hydroxylation is 2. The molecule has 0 amide bonds. The highest BCUT2D eigenvalue weighted by Gasteiger charge is 2.18. The van der Waals surface area contributed by atoms with Gasteiger partial charge in [0, 0.05) is 24.9 Å². The molecule has 0 aliphatic heterocycles. The molecule has 2 aliphatic carbocycles. The van der Waals surface area contributed by atoms with E-state index in [0.29, 0.717) is 12.1 Å². The molecule has 1 saturated carbocycles. The van der Waals surface area contributed by atoms with Gasteiger partial charge < -0.3 is 15.8 Å². The van der Waals surface area contributed by atoms with Crippen LogP contribution in [0.3, 0.4) is 0 Å². The molecule has 1 aromatic rings. The van der Waals surface area contributed by atoms with Crippen LogP contribution in [0, 0.1) is 0 Å². The van der Waals surface area contributed by atoms with Crippen LogP contribution in [0.5, 0.6) is 0 Å². The Bertz CT molecular complexity index is 455. The lowest BCUT2D eigenvalue weighted by molar-refractivity contribution is 0.0251. The summed E-state index contributed by atoms with van der Waals surface area (Å²) in [6.45, 7) is 1.76. The van der Waals surface area contributed by atoms with Gasteiger partial charge in [0.15, 0.2) is 0 Å². The number of anilines is 1. The van der Waals surface area contributed by atoms with Crippen molar-refractivity contribution >= 4 is 5.82 Å². The second-order valence-corrected chi connectivity index (χ2v) is 6.34. The average Bonchev–Trinajstić information content (AvgIpc) is 2.96. The quantitative estimate of drug-likeness (QED) is 0.790. The second kappa shape index (κ2) is 7.23. The van der Waals surface area contributed by atoms with Gasteiger partial charge in [-0.1, -0.05) is 6.07 Å². The highest BCUT2D eigenvalue weighted by atomic mass is 16.5. The van der Waals surface area contributed by atoms with E-state index in [1.165, 1.54) is 24.1 Å². The molecular weight excluding hydrogens is 262 g/mol. The van der Waals surface area contributed by atoms with Crippen molar-refractivity contribution in [3.05, 3.63) is 23.4 Å². The van der Waals surface area contributed by atoms with Gasteiger partial charge in [-0.15, -0.1) is 0 Å². The van der Waals surface area contributed by atoms with Crippen molar-refractivity contribution in [2.75, 3.05) is 18.5 Å². The lowest BCUT2D eigenvalue weighted by atomic mass is 9.94. The lowest BCUT2D eigenvalue weighted by Crippen LogP contribution is -2.30. The van der Waals surface area contributed by atoms with Gasteiger partial charge in [0.2, 0.25) is 0 Å². The maximum atomic E-state index is 5.93. The van der Waals surface area contributed by atoms with Gasteiger partial charge >= 0.3 is 0 Å². The summed E-state index contributed by atoms with van der Waals surface area (Å²) in [6.07, 6.45) is 9.53. The molecule has 21 heavy (non-hydrogen) atoms. The number of nitrogens with zero attached hydrogens (tertiary/aromatic N) is 1. The zero-order valence-corrected chi connectivity index (χ0v) is 12.8. The lowest BCUT2D eigenvalue weighted by Gasteiger charge is -2.26. The summed E-state index contributed by atoms with van der Waals surface area (Å²) in [7, 11) is 0. The minimum absolute atomic E-state index is 0.400. The molecule has 0 unspecified atom stereocenters. The van der Waals surface area contributed by atoms with E-state index in [-0.39, 0.29) is 0 Å². The molecule has 4 heteroatoms. The Morgan fingerprint density at radius 2 is 2.05 bits per heavy atom. The zero-order chi connectivity index (χ0) is 14.5. The molecule has 2 aliphatic rings. The number of nitrogens with two attached hydrogens (primary N) is 1. The summed E-state index contributed by atoms with van der Waals surface area (Å²) in [4.78, 5) is 4.68. The third kappa shape index (κ3) is 4.17. The third-order valence-electron chi connectivity index (χ3n) is 4.63. The van der Waals surface area contributed by atoms with Gasteiger partial charge in [-0.05, 0) is 63.0 Å². The summed E-state index contributed by atoms with van der Waals surface area (Å²) < 4.78 is 5.93. The molecule has 1 heterocycles. The van der Waals surface area contributed by atoms with E-state index in [4.69, 9.17) is 10.5 Å². The van der Waals surface area contributed by atoms with Crippen molar-refractivity contribution in [1.29, 1.82) is 0 Å². The maximum absolute atomic E-state index is 5.93. The summed E-state index contributed by atoms with van der Waals surface area (Å²) in [5.41, 5.74) is 8.62. The standard InChI is InChI=1S/C17H27N3O/c18-14-6-8-15(9-7-14)21-12-2-11-19-17-10-5-13-3-1-4-16(13)20-17/h5,10,14-15H,1-4,6-9,11-12,18H2,(H,19,20). The monoisotopic (exact) mass is 289 g/mol. The molecule has 0 radical (unpaired) electrons. The molecule has 3 N–H and O–H groups in total. The van der Waals surface area contributed by atoms with Gasteiger partial charge in [-0.2, -0.15) is 0 Å². The third-order valence-corrected chi connectivity index (χ3v) is 4.63. The minimum atomic E-state index is 0.400. The van der Waals surface area contributed by atoms with Crippen LogP contribution in [0.4, 0.5) is 5.82 Å². The molecule has 3 rings (SSSR count). The number of hydrogen-bond acceptors (Lipinski definition) is 4. The molecule has 0 bridgehead atoms. The number of nitrogens with one attached hydrogen (secondary N) is 1. The Morgan fingerprint density at radius 1 is 1.19 bits per heavy atom. The summed E-state index contributed by atoms with van der Waals surface area (Å²) in [5, 5.41) is 3.41. The van der Waals surface area contributed by atoms with E-state index in [2.05, 4.69) is 22.4 Å². The van der Waals surface area contributed by atoms with Crippen LogP contribution in [0.15, 0.2) is 12.1 Å². The van der Waals surface area contributed by atoms with Crippen molar-refractivity contribution < 1.29 is 4.74 Å². The molecule has 0 spiro atoms. The Hall–Kier alpha value is -1.13. The number of hydrogen-bond donors (Lipinski definition) is 2. The van der Waals surface area contributed by atoms with Crippen LogP contribution >= 0.6 is 0 Å².